The molecule has 1 rings (SSSR count). The summed E-state index contributed by atoms with van der Waals surface area (Å²) in [5.74, 6) is -0.371. The van der Waals surface area contributed by atoms with Crippen molar-refractivity contribution >= 4 is 21.5 Å². The summed E-state index contributed by atoms with van der Waals surface area (Å²) in [6.45, 7) is 0.512. The average molecular weight is 272 g/mol. The van der Waals surface area contributed by atoms with Crippen molar-refractivity contribution in [1.82, 2.24) is 4.98 Å². The number of rotatable bonds is 6. The zero-order valence-electron chi connectivity index (χ0n) is 10.3. The minimum Gasteiger partial charge on any atom is -0.464 e. The van der Waals surface area contributed by atoms with Gasteiger partial charge in [-0.3, -0.25) is 0 Å². The third-order valence-corrected chi connectivity index (χ3v) is 3.21. The third-order valence-electron chi connectivity index (χ3n) is 2.18. The van der Waals surface area contributed by atoms with Gasteiger partial charge < -0.3 is 10.1 Å². The number of esters is 1. The zero-order chi connectivity index (χ0) is 13.6. The molecule has 1 aromatic heterocycles. The van der Waals surface area contributed by atoms with Gasteiger partial charge in [0.1, 0.15) is 15.5 Å². The lowest BCUT2D eigenvalue weighted by atomic mass is 10.3. The molecule has 18 heavy (non-hydrogen) atoms. The molecule has 6 nitrogen and oxygen atoms in total. The quantitative estimate of drug-likeness (QED) is 0.606. The van der Waals surface area contributed by atoms with E-state index in [0.29, 0.717) is 18.7 Å². The number of anilines is 1. The Morgan fingerprint density at radius 3 is 2.83 bits per heavy atom. The minimum atomic E-state index is -2.93. The molecule has 0 saturated heterocycles. The molecule has 7 heteroatoms. The Balaban J connectivity index is 2.50. The number of sulfone groups is 1. The minimum absolute atomic E-state index is 0.134. The van der Waals surface area contributed by atoms with Gasteiger partial charge in [-0.15, -0.1) is 0 Å². The summed E-state index contributed by atoms with van der Waals surface area (Å²) in [6.07, 6.45) is 3.20. The van der Waals surface area contributed by atoms with Crippen molar-refractivity contribution in [2.24, 2.45) is 0 Å². The maximum Gasteiger partial charge on any atom is 0.356 e. The predicted octanol–water partition coefficient (Wildman–Crippen LogP) is 0.715. The molecule has 0 unspecified atom stereocenters. The van der Waals surface area contributed by atoms with E-state index in [4.69, 9.17) is 0 Å². The summed E-state index contributed by atoms with van der Waals surface area (Å²) in [5.41, 5.74) is 0.921. The fourth-order valence-electron chi connectivity index (χ4n) is 1.32. The van der Waals surface area contributed by atoms with Crippen LogP contribution in [0.5, 0.6) is 0 Å². The number of nitrogens with one attached hydrogen (secondary N) is 1. The molecule has 100 valence electrons. The molecule has 1 heterocycles. The summed E-state index contributed by atoms with van der Waals surface area (Å²) >= 11 is 0. The first-order valence-electron chi connectivity index (χ1n) is 5.38. The molecular formula is C11H16N2O4S. The van der Waals surface area contributed by atoms with Gasteiger partial charge in [-0.25, -0.2) is 18.2 Å². The van der Waals surface area contributed by atoms with Crippen LogP contribution in [0.4, 0.5) is 5.69 Å². The Morgan fingerprint density at radius 2 is 2.22 bits per heavy atom. The molecular weight excluding hydrogens is 256 g/mol. The zero-order valence-corrected chi connectivity index (χ0v) is 11.2. The SMILES string of the molecule is COC(=O)c1cc(NCCCS(C)(=O)=O)ccn1. The lowest BCUT2D eigenvalue weighted by molar-refractivity contribution is 0.0594. The molecule has 0 aliphatic carbocycles. The lowest BCUT2D eigenvalue weighted by Crippen LogP contribution is -2.10. The number of carbonyl (C=O) groups excluding carboxylic acids is 1. The molecule has 1 aromatic rings. The number of aromatic nitrogens is 1. The highest BCUT2D eigenvalue weighted by atomic mass is 32.2. The molecule has 0 atom stereocenters. The topological polar surface area (TPSA) is 85.4 Å². The van der Waals surface area contributed by atoms with Crippen LogP contribution in [-0.2, 0) is 14.6 Å². The smallest absolute Gasteiger partial charge is 0.356 e. The van der Waals surface area contributed by atoms with E-state index in [1.54, 1.807) is 12.1 Å². The second-order valence-electron chi connectivity index (χ2n) is 3.83. The Morgan fingerprint density at radius 1 is 1.50 bits per heavy atom. The summed E-state index contributed by atoms with van der Waals surface area (Å²) < 4.78 is 26.4. The van der Waals surface area contributed by atoms with Gasteiger partial charge in [0.2, 0.25) is 0 Å². The number of methoxy groups -OCH3 is 1. The molecule has 0 spiro atoms. The lowest BCUT2D eigenvalue weighted by Gasteiger charge is -2.06. The van der Waals surface area contributed by atoms with Crippen LogP contribution >= 0.6 is 0 Å². The molecule has 0 saturated carbocycles. The van der Waals surface area contributed by atoms with Crippen LogP contribution in [0.2, 0.25) is 0 Å². The van der Waals surface area contributed by atoms with E-state index in [-0.39, 0.29) is 11.4 Å². The number of carbonyl (C=O) groups is 1. The van der Waals surface area contributed by atoms with Gasteiger partial charge in [0.25, 0.3) is 0 Å². The highest BCUT2D eigenvalue weighted by Gasteiger charge is 2.07. The number of hydrogen-bond donors (Lipinski definition) is 1. The van der Waals surface area contributed by atoms with Crippen molar-refractivity contribution < 1.29 is 17.9 Å². The van der Waals surface area contributed by atoms with Crippen LogP contribution in [-0.4, -0.2) is 45.0 Å². The fourth-order valence-corrected chi connectivity index (χ4v) is 1.99. The Bertz CT molecular complexity index is 514. The first-order chi connectivity index (χ1) is 8.42. The van der Waals surface area contributed by atoms with Crippen molar-refractivity contribution in [2.45, 2.75) is 6.42 Å². The van der Waals surface area contributed by atoms with E-state index < -0.39 is 15.8 Å². The van der Waals surface area contributed by atoms with Crippen molar-refractivity contribution in [2.75, 3.05) is 31.0 Å². The molecule has 0 amide bonds. The molecule has 0 aliphatic rings. The van der Waals surface area contributed by atoms with Gasteiger partial charge in [0.15, 0.2) is 0 Å². The maximum atomic E-state index is 11.2. The first-order valence-corrected chi connectivity index (χ1v) is 7.44. The largest absolute Gasteiger partial charge is 0.464 e. The summed E-state index contributed by atoms with van der Waals surface area (Å²) in [4.78, 5) is 15.1. The van der Waals surface area contributed by atoms with E-state index in [0.717, 1.165) is 0 Å². The van der Waals surface area contributed by atoms with Gasteiger partial charge in [-0.05, 0) is 18.6 Å². The number of ether oxygens (including phenoxy) is 1. The summed E-state index contributed by atoms with van der Waals surface area (Å²) in [6, 6.07) is 3.26. The van der Waals surface area contributed by atoms with Gasteiger partial charge in [-0.2, -0.15) is 0 Å². The van der Waals surface area contributed by atoms with Gasteiger partial charge in [0.05, 0.1) is 12.9 Å². The monoisotopic (exact) mass is 272 g/mol. The normalized spacial score (nSPS) is 11.0. The Labute approximate surface area is 106 Å². The van der Waals surface area contributed by atoms with Crippen LogP contribution in [0.1, 0.15) is 16.9 Å². The van der Waals surface area contributed by atoms with Crippen LogP contribution in [0.25, 0.3) is 0 Å². The number of nitrogens with zero attached hydrogens (tertiary/aromatic N) is 1. The van der Waals surface area contributed by atoms with Crippen molar-refractivity contribution in [3.05, 3.63) is 24.0 Å². The van der Waals surface area contributed by atoms with Crippen molar-refractivity contribution in [1.29, 1.82) is 0 Å². The molecule has 0 aliphatic heterocycles. The van der Waals surface area contributed by atoms with Crippen LogP contribution in [0.3, 0.4) is 0 Å². The van der Waals surface area contributed by atoms with E-state index in [1.807, 2.05) is 0 Å². The molecule has 0 radical (unpaired) electrons. The predicted molar refractivity (Wildman–Crippen MR) is 68.4 cm³/mol. The van der Waals surface area contributed by atoms with Crippen LogP contribution in [0, 0.1) is 0 Å². The highest BCUT2D eigenvalue weighted by molar-refractivity contribution is 7.90. The molecule has 1 N–H and O–H groups in total. The van der Waals surface area contributed by atoms with E-state index in [9.17, 15) is 13.2 Å². The highest BCUT2D eigenvalue weighted by Crippen LogP contribution is 2.08. The van der Waals surface area contributed by atoms with E-state index in [2.05, 4.69) is 15.0 Å². The third kappa shape index (κ3) is 5.13. The van der Waals surface area contributed by atoms with Gasteiger partial charge in [-0.1, -0.05) is 0 Å². The molecule has 0 aromatic carbocycles. The van der Waals surface area contributed by atoms with Crippen LogP contribution < -0.4 is 5.32 Å². The second-order valence-corrected chi connectivity index (χ2v) is 6.09. The summed E-state index contributed by atoms with van der Waals surface area (Å²) in [5, 5.41) is 3.02. The first kappa shape index (κ1) is 14.4. The van der Waals surface area contributed by atoms with Gasteiger partial charge in [0, 0.05) is 24.7 Å². The average Bonchev–Trinajstić information content (AvgIpc) is 2.33. The fraction of sp³-hybridized carbons (Fsp3) is 0.455. The van der Waals surface area contributed by atoms with Crippen molar-refractivity contribution in [3.63, 3.8) is 0 Å². The summed E-state index contributed by atoms with van der Waals surface area (Å²) in [7, 11) is -1.64. The number of pyridine rings is 1. The number of hydrogen-bond acceptors (Lipinski definition) is 6. The van der Waals surface area contributed by atoms with E-state index in [1.165, 1.54) is 19.6 Å². The standard InChI is InChI=1S/C11H16N2O4S/c1-17-11(14)10-8-9(4-6-13-10)12-5-3-7-18(2,15)16/h4,6,8H,3,5,7H2,1-2H3,(H,12,13). The van der Waals surface area contributed by atoms with Gasteiger partial charge >= 0.3 is 5.97 Å². The Hall–Kier alpha value is -1.63. The molecule has 0 fully saturated rings. The van der Waals surface area contributed by atoms with E-state index >= 15 is 0 Å². The van der Waals surface area contributed by atoms with Crippen LogP contribution in [0.15, 0.2) is 18.3 Å². The molecule has 0 bridgehead atoms. The second kappa shape index (κ2) is 6.34. The Kier molecular flexibility index (Phi) is 5.08. The van der Waals surface area contributed by atoms with Crippen molar-refractivity contribution in [3.8, 4) is 0 Å². The maximum absolute atomic E-state index is 11.2.